The Balaban J connectivity index is 1.61. The van der Waals surface area contributed by atoms with Gasteiger partial charge in [0.15, 0.2) is 5.78 Å². The van der Waals surface area contributed by atoms with Gasteiger partial charge in [-0.3, -0.25) is 9.78 Å². The fourth-order valence-electron chi connectivity index (χ4n) is 2.04. The predicted octanol–water partition coefficient (Wildman–Crippen LogP) is 1.56. The van der Waals surface area contributed by atoms with Gasteiger partial charge in [-0.25, -0.2) is 4.98 Å². The van der Waals surface area contributed by atoms with E-state index in [-0.39, 0.29) is 11.9 Å². The van der Waals surface area contributed by atoms with E-state index >= 15 is 0 Å². The Morgan fingerprint density at radius 3 is 2.57 bits per heavy atom. The first-order valence-electron chi connectivity index (χ1n) is 6.99. The zero-order chi connectivity index (χ0) is 14.7. The highest BCUT2D eigenvalue weighted by Gasteiger charge is 2.18. The number of hydrogen-bond acceptors (Lipinski definition) is 5. The molecule has 0 bridgehead atoms. The predicted molar refractivity (Wildman–Crippen MR) is 78.5 cm³/mol. The largest absolute Gasteiger partial charge is 0.488 e. The van der Waals surface area contributed by atoms with Gasteiger partial charge < -0.3 is 10.1 Å². The lowest BCUT2D eigenvalue weighted by Crippen LogP contribution is -2.50. The molecule has 3 rings (SSSR count). The second kappa shape index (κ2) is 6.01. The van der Waals surface area contributed by atoms with Crippen LogP contribution in [-0.2, 0) is 6.42 Å². The van der Waals surface area contributed by atoms with E-state index in [0.29, 0.717) is 12.1 Å². The van der Waals surface area contributed by atoms with Gasteiger partial charge in [0, 0.05) is 25.7 Å². The van der Waals surface area contributed by atoms with Crippen LogP contribution in [0.25, 0.3) is 0 Å². The Labute approximate surface area is 123 Å². The first-order valence-corrected chi connectivity index (χ1v) is 6.99. The maximum atomic E-state index is 12.1. The Bertz CT molecular complexity index is 619. The summed E-state index contributed by atoms with van der Waals surface area (Å²) >= 11 is 0. The minimum atomic E-state index is -0.0284. The van der Waals surface area contributed by atoms with Crippen LogP contribution in [0.4, 0.5) is 0 Å². The molecule has 5 nitrogen and oxygen atoms in total. The second-order valence-corrected chi connectivity index (χ2v) is 5.19. The average Bonchev–Trinajstić information content (AvgIpc) is 2.45. The smallest absolute Gasteiger partial charge is 0.187 e. The highest BCUT2D eigenvalue weighted by Crippen LogP contribution is 2.16. The van der Waals surface area contributed by atoms with Crippen molar-refractivity contribution in [3.8, 4) is 5.75 Å². The first kappa shape index (κ1) is 13.7. The Kier molecular flexibility index (Phi) is 3.92. The van der Waals surface area contributed by atoms with Crippen molar-refractivity contribution in [1.82, 2.24) is 15.3 Å². The van der Waals surface area contributed by atoms with Crippen LogP contribution in [0.3, 0.4) is 0 Å². The molecule has 0 saturated carbocycles. The summed E-state index contributed by atoms with van der Waals surface area (Å²) in [6, 6.07) is 7.64. The molecule has 2 aromatic rings. The number of nitrogens with zero attached hydrogens (tertiary/aromatic N) is 2. The van der Waals surface area contributed by atoms with Crippen LogP contribution >= 0.6 is 0 Å². The summed E-state index contributed by atoms with van der Waals surface area (Å²) in [6.07, 6.45) is 3.72. The molecule has 21 heavy (non-hydrogen) atoms. The third-order valence-electron chi connectivity index (χ3n) is 3.40. The van der Waals surface area contributed by atoms with Gasteiger partial charge in [0.1, 0.15) is 17.5 Å². The standard InChI is InChI=1S/C16H17N3O2/c1-11-7-19-15(10-18-11)16(20)6-12-2-4-13(5-3-12)21-14-8-17-9-14/h2-5,7,10,14,17H,6,8-9H2,1H3. The number of hydrogen-bond donors (Lipinski definition) is 1. The minimum Gasteiger partial charge on any atom is -0.488 e. The van der Waals surface area contributed by atoms with Crippen molar-refractivity contribution in [2.45, 2.75) is 19.4 Å². The Morgan fingerprint density at radius 1 is 1.24 bits per heavy atom. The number of ketones is 1. The summed E-state index contributed by atoms with van der Waals surface area (Å²) in [5.74, 6) is 0.812. The lowest BCUT2D eigenvalue weighted by Gasteiger charge is -2.27. The molecule has 1 saturated heterocycles. The van der Waals surface area contributed by atoms with Crippen molar-refractivity contribution < 1.29 is 9.53 Å². The van der Waals surface area contributed by atoms with Crippen LogP contribution in [0.1, 0.15) is 21.7 Å². The van der Waals surface area contributed by atoms with Crippen LogP contribution in [0.15, 0.2) is 36.7 Å². The van der Waals surface area contributed by atoms with Crippen molar-refractivity contribution in [1.29, 1.82) is 0 Å². The molecule has 2 heterocycles. The molecule has 0 radical (unpaired) electrons. The number of carbonyl (C=O) groups excluding carboxylic acids is 1. The summed E-state index contributed by atoms with van der Waals surface area (Å²) in [5, 5.41) is 3.16. The van der Waals surface area contributed by atoms with E-state index in [1.54, 1.807) is 6.20 Å². The molecule has 1 aliphatic rings. The Hall–Kier alpha value is -2.27. The third kappa shape index (κ3) is 3.44. The normalized spacial score (nSPS) is 14.5. The van der Waals surface area contributed by atoms with Gasteiger partial charge in [-0.15, -0.1) is 0 Å². The molecule has 5 heteroatoms. The molecule has 1 N–H and O–H groups in total. The van der Waals surface area contributed by atoms with Crippen LogP contribution in [0.5, 0.6) is 5.75 Å². The zero-order valence-corrected chi connectivity index (χ0v) is 11.9. The molecule has 0 atom stereocenters. The van der Waals surface area contributed by atoms with E-state index in [1.165, 1.54) is 6.20 Å². The van der Waals surface area contributed by atoms with Gasteiger partial charge in [-0.1, -0.05) is 12.1 Å². The van der Waals surface area contributed by atoms with Crippen LogP contribution in [0.2, 0.25) is 0 Å². The maximum Gasteiger partial charge on any atom is 0.187 e. The van der Waals surface area contributed by atoms with Gasteiger partial charge in [0.2, 0.25) is 0 Å². The molecular weight excluding hydrogens is 266 g/mol. The second-order valence-electron chi connectivity index (χ2n) is 5.19. The average molecular weight is 283 g/mol. The number of rotatable bonds is 5. The first-order chi connectivity index (χ1) is 10.2. The summed E-state index contributed by atoms with van der Waals surface area (Å²) in [7, 11) is 0. The number of carbonyl (C=O) groups is 1. The van der Waals surface area contributed by atoms with E-state index < -0.39 is 0 Å². The van der Waals surface area contributed by atoms with Gasteiger partial charge in [-0.05, 0) is 24.6 Å². The lowest BCUT2D eigenvalue weighted by atomic mass is 10.1. The molecule has 1 aromatic heterocycles. The Morgan fingerprint density at radius 2 is 2.00 bits per heavy atom. The third-order valence-corrected chi connectivity index (χ3v) is 3.40. The van der Waals surface area contributed by atoms with E-state index in [1.807, 2.05) is 31.2 Å². The zero-order valence-electron chi connectivity index (χ0n) is 11.9. The van der Waals surface area contributed by atoms with E-state index in [2.05, 4.69) is 15.3 Å². The maximum absolute atomic E-state index is 12.1. The number of aryl methyl sites for hydroxylation is 1. The highest BCUT2D eigenvalue weighted by atomic mass is 16.5. The summed E-state index contributed by atoms with van der Waals surface area (Å²) < 4.78 is 5.74. The summed E-state index contributed by atoms with van der Waals surface area (Å²) in [5.41, 5.74) is 2.15. The number of benzene rings is 1. The fourth-order valence-corrected chi connectivity index (χ4v) is 2.04. The quantitative estimate of drug-likeness (QED) is 0.844. The minimum absolute atomic E-state index is 0.0284. The monoisotopic (exact) mass is 283 g/mol. The fraction of sp³-hybridized carbons (Fsp3) is 0.312. The van der Waals surface area contributed by atoms with Crippen molar-refractivity contribution in [3.63, 3.8) is 0 Å². The summed E-state index contributed by atoms with van der Waals surface area (Å²) in [4.78, 5) is 20.3. The number of nitrogens with one attached hydrogen (secondary N) is 1. The van der Waals surface area contributed by atoms with E-state index in [0.717, 1.165) is 30.1 Å². The van der Waals surface area contributed by atoms with Gasteiger partial charge in [0.25, 0.3) is 0 Å². The molecule has 0 unspecified atom stereocenters. The number of Topliss-reactive ketones (excluding diaryl/α,β-unsaturated/α-hetero) is 1. The molecule has 0 aliphatic carbocycles. The van der Waals surface area contributed by atoms with Crippen LogP contribution in [0, 0.1) is 6.92 Å². The molecule has 0 amide bonds. The van der Waals surface area contributed by atoms with Crippen molar-refractivity contribution in [3.05, 3.63) is 53.6 Å². The number of aromatic nitrogens is 2. The highest BCUT2D eigenvalue weighted by molar-refractivity contribution is 5.95. The molecule has 1 aromatic carbocycles. The van der Waals surface area contributed by atoms with Gasteiger partial charge in [-0.2, -0.15) is 0 Å². The molecule has 1 aliphatic heterocycles. The van der Waals surface area contributed by atoms with Crippen LogP contribution < -0.4 is 10.1 Å². The van der Waals surface area contributed by atoms with E-state index in [4.69, 9.17) is 4.74 Å². The molecular formula is C16H17N3O2. The van der Waals surface area contributed by atoms with Crippen LogP contribution in [-0.4, -0.2) is 34.9 Å². The SMILES string of the molecule is Cc1cnc(C(=O)Cc2ccc(OC3CNC3)cc2)cn1. The van der Waals surface area contributed by atoms with Crippen molar-refractivity contribution >= 4 is 5.78 Å². The molecule has 1 fully saturated rings. The lowest BCUT2D eigenvalue weighted by molar-refractivity contribution is 0.0987. The van der Waals surface area contributed by atoms with Crippen molar-refractivity contribution in [2.24, 2.45) is 0 Å². The number of ether oxygens (including phenoxy) is 1. The van der Waals surface area contributed by atoms with E-state index in [9.17, 15) is 4.79 Å². The molecule has 108 valence electrons. The van der Waals surface area contributed by atoms with Gasteiger partial charge in [0.05, 0.1) is 11.9 Å². The topological polar surface area (TPSA) is 64.1 Å². The van der Waals surface area contributed by atoms with Gasteiger partial charge >= 0.3 is 0 Å². The summed E-state index contributed by atoms with van der Waals surface area (Å²) in [6.45, 7) is 3.64. The molecule has 0 spiro atoms. The van der Waals surface area contributed by atoms with Crippen molar-refractivity contribution in [2.75, 3.05) is 13.1 Å².